The predicted octanol–water partition coefficient (Wildman–Crippen LogP) is 1.65. The normalized spacial score (nSPS) is 49.3. The van der Waals surface area contributed by atoms with Crippen LogP contribution in [0.25, 0.3) is 0 Å². The predicted molar refractivity (Wildman–Crippen MR) is 36.1 cm³/mol. The molecule has 0 radical (unpaired) electrons. The number of nitrogens with two attached hydrogens (primary N) is 1. The molecule has 2 atom stereocenters. The first-order chi connectivity index (χ1) is 4.02. The molecule has 0 bridgehead atoms. The van der Waals surface area contributed by atoms with Gasteiger partial charge in [-0.1, -0.05) is 18.5 Å². The highest BCUT2D eigenvalue weighted by Crippen LogP contribution is 2.63. The van der Waals surface area contributed by atoms with Crippen LogP contribution >= 0.6 is 11.6 Å². The van der Waals surface area contributed by atoms with Crippen molar-refractivity contribution in [3.05, 3.63) is 0 Å². The van der Waals surface area contributed by atoms with Crippen LogP contribution in [0.15, 0.2) is 0 Å². The second-order valence-corrected chi connectivity index (χ2v) is 3.58. The van der Waals surface area contributed by atoms with Crippen LogP contribution in [0, 0.1) is 5.41 Å². The van der Waals surface area contributed by atoms with Crippen LogP contribution in [-0.4, -0.2) is 11.7 Å². The maximum Gasteiger partial charge on any atom is 0.189 e. The Morgan fingerprint density at radius 2 is 2.22 bits per heavy atom. The topological polar surface area (TPSA) is 26.0 Å². The molecule has 1 saturated carbocycles. The Balaban J connectivity index is 2.42. The van der Waals surface area contributed by atoms with Crippen LogP contribution in [0.1, 0.15) is 19.8 Å². The molecule has 0 aliphatic heterocycles. The maximum absolute atomic E-state index is 12.7. The molecular formula is C6H11ClFN. The minimum Gasteiger partial charge on any atom is -0.330 e. The molecule has 9 heavy (non-hydrogen) atoms. The number of alkyl halides is 2. The van der Waals surface area contributed by atoms with Gasteiger partial charge in [0.2, 0.25) is 0 Å². The highest BCUT2D eigenvalue weighted by molar-refractivity contribution is 6.25. The van der Waals surface area contributed by atoms with Crippen molar-refractivity contribution in [3.8, 4) is 0 Å². The zero-order valence-electron chi connectivity index (χ0n) is 5.45. The summed E-state index contributed by atoms with van der Waals surface area (Å²) in [7, 11) is 0. The fraction of sp³-hybridized carbons (Fsp3) is 1.00. The Morgan fingerprint density at radius 3 is 2.33 bits per heavy atom. The molecule has 1 aliphatic rings. The van der Waals surface area contributed by atoms with E-state index in [0.29, 0.717) is 19.4 Å². The minimum atomic E-state index is -1.45. The van der Waals surface area contributed by atoms with E-state index >= 15 is 0 Å². The van der Waals surface area contributed by atoms with Crippen molar-refractivity contribution < 1.29 is 4.39 Å². The quantitative estimate of drug-likeness (QED) is 0.597. The average molecular weight is 152 g/mol. The molecule has 0 heterocycles. The van der Waals surface area contributed by atoms with Gasteiger partial charge in [-0.15, -0.1) is 0 Å². The van der Waals surface area contributed by atoms with Crippen molar-refractivity contribution in [3.63, 3.8) is 0 Å². The van der Waals surface area contributed by atoms with E-state index in [-0.39, 0.29) is 5.41 Å². The molecule has 0 saturated heterocycles. The molecule has 0 aromatic carbocycles. The van der Waals surface area contributed by atoms with Crippen molar-refractivity contribution in [1.29, 1.82) is 0 Å². The number of halogens is 2. The van der Waals surface area contributed by atoms with Crippen LogP contribution in [0.5, 0.6) is 0 Å². The Kier molecular flexibility index (Phi) is 1.48. The van der Waals surface area contributed by atoms with Crippen molar-refractivity contribution >= 4 is 11.6 Å². The van der Waals surface area contributed by atoms with E-state index in [9.17, 15) is 4.39 Å². The van der Waals surface area contributed by atoms with Gasteiger partial charge in [0.25, 0.3) is 0 Å². The molecule has 0 aromatic heterocycles. The first-order valence-electron chi connectivity index (χ1n) is 3.10. The van der Waals surface area contributed by atoms with Gasteiger partial charge in [0.05, 0.1) is 0 Å². The van der Waals surface area contributed by atoms with Crippen molar-refractivity contribution in [2.75, 3.05) is 6.54 Å². The zero-order chi connectivity index (χ0) is 7.12. The van der Waals surface area contributed by atoms with Crippen molar-refractivity contribution in [2.24, 2.45) is 11.1 Å². The van der Waals surface area contributed by atoms with E-state index in [4.69, 9.17) is 17.3 Å². The molecule has 0 spiro atoms. The number of hydrogen-bond acceptors (Lipinski definition) is 1. The van der Waals surface area contributed by atoms with E-state index in [1.165, 1.54) is 0 Å². The summed E-state index contributed by atoms with van der Waals surface area (Å²) in [4.78, 5) is 0. The molecule has 0 aromatic rings. The third-order valence-corrected chi connectivity index (χ3v) is 2.66. The summed E-state index contributed by atoms with van der Waals surface area (Å²) in [6.07, 6.45) is 1.14. The van der Waals surface area contributed by atoms with Crippen LogP contribution in [0.4, 0.5) is 4.39 Å². The van der Waals surface area contributed by atoms with Gasteiger partial charge in [0, 0.05) is 11.8 Å². The Labute approximate surface area is 59.4 Å². The lowest BCUT2D eigenvalue weighted by Gasteiger charge is -2.06. The molecule has 1 aliphatic carbocycles. The molecule has 54 valence electrons. The molecule has 1 nitrogen and oxygen atoms in total. The van der Waals surface area contributed by atoms with Gasteiger partial charge >= 0.3 is 0 Å². The summed E-state index contributed by atoms with van der Waals surface area (Å²) < 4.78 is 12.7. The molecule has 0 unspecified atom stereocenters. The van der Waals surface area contributed by atoms with Crippen LogP contribution in [-0.2, 0) is 0 Å². The molecule has 1 fully saturated rings. The first kappa shape index (κ1) is 7.29. The van der Waals surface area contributed by atoms with Crippen LogP contribution < -0.4 is 5.73 Å². The van der Waals surface area contributed by atoms with E-state index < -0.39 is 5.13 Å². The highest BCUT2D eigenvalue weighted by Gasteiger charge is 2.64. The third-order valence-electron chi connectivity index (χ3n) is 2.07. The van der Waals surface area contributed by atoms with E-state index in [0.717, 1.165) is 0 Å². The number of rotatable bonds is 2. The zero-order valence-corrected chi connectivity index (χ0v) is 6.21. The van der Waals surface area contributed by atoms with Crippen LogP contribution in [0.2, 0.25) is 0 Å². The third kappa shape index (κ3) is 1.06. The van der Waals surface area contributed by atoms with Crippen LogP contribution in [0.3, 0.4) is 0 Å². The van der Waals surface area contributed by atoms with E-state index in [1.807, 2.05) is 6.92 Å². The van der Waals surface area contributed by atoms with Crippen molar-refractivity contribution in [1.82, 2.24) is 0 Å². The van der Waals surface area contributed by atoms with Gasteiger partial charge in [-0.2, -0.15) is 0 Å². The molecule has 3 heteroatoms. The standard InChI is InChI=1S/C6H11ClFN/c1-5(2-3-9)4-6(5,7)8/h2-4,9H2,1H3/t5-,6+/m1/s1. The Bertz CT molecular complexity index is 126. The lowest BCUT2D eigenvalue weighted by atomic mass is 10.1. The highest BCUT2D eigenvalue weighted by atomic mass is 35.5. The largest absolute Gasteiger partial charge is 0.330 e. The fourth-order valence-electron chi connectivity index (χ4n) is 1.04. The summed E-state index contributed by atoms with van der Waals surface area (Å²) in [5.41, 5.74) is 4.92. The summed E-state index contributed by atoms with van der Waals surface area (Å²) in [5, 5.41) is -1.45. The summed E-state index contributed by atoms with van der Waals surface area (Å²) in [6.45, 7) is 2.35. The molecule has 0 amide bonds. The minimum absolute atomic E-state index is 0.330. The second-order valence-electron chi connectivity index (χ2n) is 2.98. The van der Waals surface area contributed by atoms with E-state index in [1.54, 1.807) is 0 Å². The summed E-state index contributed by atoms with van der Waals surface area (Å²) in [6, 6.07) is 0. The molecule has 2 N–H and O–H groups in total. The van der Waals surface area contributed by atoms with Gasteiger partial charge in [-0.05, 0) is 13.0 Å². The molecule has 1 rings (SSSR count). The Morgan fingerprint density at radius 1 is 1.78 bits per heavy atom. The Hall–Kier alpha value is 0.180. The summed E-state index contributed by atoms with van der Waals surface area (Å²) >= 11 is 5.40. The van der Waals surface area contributed by atoms with Crippen molar-refractivity contribution in [2.45, 2.75) is 24.9 Å². The second kappa shape index (κ2) is 1.83. The first-order valence-corrected chi connectivity index (χ1v) is 3.47. The maximum atomic E-state index is 12.7. The number of hydrogen-bond donors (Lipinski definition) is 1. The fourth-order valence-corrected chi connectivity index (χ4v) is 1.43. The lowest BCUT2D eigenvalue weighted by molar-refractivity contribution is 0.323. The van der Waals surface area contributed by atoms with Gasteiger partial charge in [0.1, 0.15) is 0 Å². The SMILES string of the molecule is C[C@@]1(CCN)C[C@@]1(F)Cl. The lowest BCUT2D eigenvalue weighted by Crippen LogP contribution is -2.11. The van der Waals surface area contributed by atoms with Gasteiger partial charge in [-0.3, -0.25) is 0 Å². The monoisotopic (exact) mass is 151 g/mol. The molecular weight excluding hydrogens is 141 g/mol. The summed E-state index contributed by atoms with van der Waals surface area (Å²) in [5.74, 6) is 0. The average Bonchev–Trinajstić information content (AvgIpc) is 2.07. The van der Waals surface area contributed by atoms with Gasteiger partial charge < -0.3 is 5.73 Å². The smallest absolute Gasteiger partial charge is 0.189 e. The van der Waals surface area contributed by atoms with E-state index in [2.05, 4.69) is 0 Å². The van der Waals surface area contributed by atoms with Gasteiger partial charge in [-0.25, -0.2) is 4.39 Å². The van der Waals surface area contributed by atoms with Gasteiger partial charge in [0.15, 0.2) is 5.13 Å².